The molecule has 1 rings (SSSR count). The van der Waals surface area contributed by atoms with E-state index in [1.807, 2.05) is 6.07 Å². The number of benzene rings is 1. The van der Waals surface area contributed by atoms with Gasteiger partial charge >= 0.3 is 7.12 Å². The molecule has 0 aromatic heterocycles. The highest BCUT2D eigenvalue weighted by molar-refractivity contribution is 6.59. The van der Waals surface area contributed by atoms with Gasteiger partial charge in [-0.15, -0.1) is 0 Å². The van der Waals surface area contributed by atoms with Crippen LogP contribution in [0.15, 0.2) is 18.2 Å². The largest absolute Gasteiger partial charge is 0.497 e. The lowest BCUT2D eigenvalue weighted by Crippen LogP contribution is -2.33. The van der Waals surface area contributed by atoms with Crippen LogP contribution in [0.3, 0.4) is 0 Å². The zero-order chi connectivity index (χ0) is 14.4. The molecule has 5 heteroatoms. The van der Waals surface area contributed by atoms with Gasteiger partial charge in [-0.25, -0.2) is 0 Å². The predicted octanol–water partition coefficient (Wildman–Crippen LogP) is 0.995. The van der Waals surface area contributed by atoms with Gasteiger partial charge in [0.05, 0.1) is 7.11 Å². The summed E-state index contributed by atoms with van der Waals surface area (Å²) in [5, 5.41) is 18.7. The van der Waals surface area contributed by atoms with E-state index in [9.17, 15) is 10.0 Å². The van der Waals surface area contributed by atoms with Crippen molar-refractivity contribution in [2.24, 2.45) is 0 Å². The Hall–Kier alpha value is -1.04. The fourth-order valence-corrected chi connectivity index (χ4v) is 2.17. The number of nitrogens with zero attached hydrogens (tertiary/aromatic N) is 1. The molecule has 1 aromatic carbocycles. The predicted molar refractivity (Wildman–Crippen MR) is 78.7 cm³/mol. The van der Waals surface area contributed by atoms with E-state index in [1.165, 1.54) is 7.11 Å². The summed E-state index contributed by atoms with van der Waals surface area (Å²) in [4.78, 5) is 2.26. The van der Waals surface area contributed by atoms with E-state index < -0.39 is 7.12 Å². The maximum atomic E-state index is 9.35. The molecule has 0 radical (unpaired) electrons. The molecule has 0 saturated heterocycles. The standard InChI is InChI=1S/C14H24BNO3/c1-5-6-11(2)16(3)10-12-7-8-14(19-4)13(9-12)15(17)18/h7-9,11,17-18H,5-6,10H2,1-4H3. The van der Waals surface area contributed by atoms with Crippen molar-refractivity contribution in [3.05, 3.63) is 23.8 Å². The first kappa shape index (κ1) is 16.0. The molecular weight excluding hydrogens is 241 g/mol. The van der Waals surface area contributed by atoms with E-state index in [0.29, 0.717) is 17.3 Å². The number of hydrogen-bond acceptors (Lipinski definition) is 4. The summed E-state index contributed by atoms with van der Waals surface area (Å²) in [5.74, 6) is 0.503. The first-order valence-corrected chi connectivity index (χ1v) is 6.72. The summed E-state index contributed by atoms with van der Waals surface area (Å²) in [5.41, 5.74) is 1.46. The summed E-state index contributed by atoms with van der Waals surface area (Å²) in [7, 11) is 2.10. The number of methoxy groups -OCH3 is 1. The van der Waals surface area contributed by atoms with E-state index in [4.69, 9.17) is 4.74 Å². The third-order valence-electron chi connectivity index (χ3n) is 3.46. The zero-order valence-electron chi connectivity index (χ0n) is 12.3. The molecule has 0 aliphatic rings. The minimum absolute atomic E-state index is 0.413. The van der Waals surface area contributed by atoms with Gasteiger partial charge in [-0.05, 0) is 32.0 Å². The Morgan fingerprint density at radius 2 is 2.05 bits per heavy atom. The van der Waals surface area contributed by atoms with Gasteiger partial charge in [-0.3, -0.25) is 4.90 Å². The molecule has 1 aromatic rings. The lowest BCUT2D eigenvalue weighted by Gasteiger charge is -2.24. The second-order valence-electron chi connectivity index (χ2n) is 5.00. The van der Waals surface area contributed by atoms with Crippen LogP contribution in [0.1, 0.15) is 32.3 Å². The summed E-state index contributed by atoms with van der Waals surface area (Å²) in [6.07, 6.45) is 2.32. The Bertz CT molecular complexity index is 398. The van der Waals surface area contributed by atoms with Crippen LogP contribution in [0.5, 0.6) is 5.75 Å². The third-order valence-corrected chi connectivity index (χ3v) is 3.46. The van der Waals surface area contributed by atoms with Crippen LogP contribution in [0.25, 0.3) is 0 Å². The lowest BCUT2D eigenvalue weighted by molar-refractivity contribution is 0.237. The number of ether oxygens (including phenoxy) is 1. The molecular formula is C14H24BNO3. The molecule has 19 heavy (non-hydrogen) atoms. The molecule has 0 amide bonds. The van der Waals surface area contributed by atoms with Crippen molar-refractivity contribution in [3.8, 4) is 5.75 Å². The molecule has 4 nitrogen and oxygen atoms in total. The van der Waals surface area contributed by atoms with Crippen molar-refractivity contribution in [2.45, 2.75) is 39.3 Å². The summed E-state index contributed by atoms with van der Waals surface area (Å²) >= 11 is 0. The van der Waals surface area contributed by atoms with Crippen molar-refractivity contribution in [3.63, 3.8) is 0 Å². The molecule has 1 atom stereocenters. The van der Waals surface area contributed by atoms with E-state index in [1.54, 1.807) is 12.1 Å². The third kappa shape index (κ3) is 4.53. The maximum Gasteiger partial charge on any atom is 0.492 e. The van der Waals surface area contributed by atoms with Crippen molar-refractivity contribution >= 4 is 12.6 Å². The summed E-state index contributed by atoms with van der Waals surface area (Å²) < 4.78 is 5.12. The second-order valence-corrected chi connectivity index (χ2v) is 5.00. The molecule has 0 aliphatic heterocycles. The van der Waals surface area contributed by atoms with Crippen LogP contribution in [0.2, 0.25) is 0 Å². The van der Waals surface area contributed by atoms with Crippen LogP contribution >= 0.6 is 0 Å². The van der Waals surface area contributed by atoms with Gasteiger partial charge in [0.2, 0.25) is 0 Å². The second kappa shape index (κ2) is 7.53. The Kier molecular flexibility index (Phi) is 6.35. The van der Waals surface area contributed by atoms with E-state index in [0.717, 1.165) is 24.9 Å². The van der Waals surface area contributed by atoms with Gasteiger partial charge in [0.1, 0.15) is 5.75 Å². The maximum absolute atomic E-state index is 9.35. The Balaban J connectivity index is 2.82. The van der Waals surface area contributed by atoms with Crippen molar-refractivity contribution < 1.29 is 14.8 Å². The highest BCUT2D eigenvalue weighted by atomic mass is 16.5. The average Bonchev–Trinajstić information content (AvgIpc) is 2.38. The fourth-order valence-electron chi connectivity index (χ4n) is 2.17. The molecule has 0 heterocycles. The first-order chi connectivity index (χ1) is 8.99. The van der Waals surface area contributed by atoms with Gasteiger partial charge in [-0.1, -0.05) is 25.5 Å². The van der Waals surface area contributed by atoms with Crippen molar-refractivity contribution in [2.75, 3.05) is 14.2 Å². The zero-order valence-corrected chi connectivity index (χ0v) is 12.3. The van der Waals surface area contributed by atoms with Crippen LogP contribution in [-0.4, -0.2) is 42.3 Å². The first-order valence-electron chi connectivity index (χ1n) is 6.72. The Labute approximate surface area is 116 Å². The van der Waals surface area contributed by atoms with Crippen molar-refractivity contribution in [1.29, 1.82) is 0 Å². The minimum Gasteiger partial charge on any atom is -0.497 e. The van der Waals surface area contributed by atoms with Crippen LogP contribution in [-0.2, 0) is 6.54 Å². The molecule has 2 N–H and O–H groups in total. The van der Waals surface area contributed by atoms with Gasteiger partial charge in [0.15, 0.2) is 0 Å². The number of hydrogen-bond donors (Lipinski definition) is 2. The molecule has 0 saturated carbocycles. The topological polar surface area (TPSA) is 52.9 Å². The smallest absolute Gasteiger partial charge is 0.492 e. The monoisotopic (exact) mass is 265 g/mol. The van der Waals surface area contributed by atoms with E-state index in [-0.39, 0.29) is 0 Å². The Morgan fingerprint density at radius 1 is 1.37 bits per heavy atom. The Morgan fingerprint density at radius 3 is 2.58 bits per heavy atom. The molecule has 0 bridgehead atoms. The van der Waals surface area contributed by atoms with Crippen LogP contribution in [0.4, 0.5) is 0 Å². The lowest BCUT2D eigenvalue weighted by atomic mass is 9.78. The van der Waals surface area contributed by atoms with Crippen LogP contribution < -0.4 is 10.2 Å². The molecule has 0 aliphatic carbocycles. The van der Waals surface area contributed by atoms with E-state index >= 15 is 0 Å². The fraction of sp³-hybridized carbons (Fsp3) is 0.571. The molecule has 106 valence electrons. The van der Waals surface area contributed by atoms with Gasteiger partial charge in [-0.2, -0.15) is 0 Å². The summed E-state index contributed by atoms with van der Waals surface area (Å²) in [6, 6.07) is 6.04. The van der Waals surface area contributed by atoms with Gasteiger partial charge in [0, 0.05) is 18.0 Å². The van der Waals surface area contributed by atoms with E-state index in [2.05, 4.69) is 25.8 Å². The minimum atomic E-state index is -1.51. The van der Waals surface area contributed by atoms with Crippen LogP contribution in [0, 0.1) is 0 Å². The SMILES string of the molecule is CCCC(C)N(C)Cc1ccc(OC)c(B(O)O)c1. The highest BCUT2D eigenvalue weighted by Crippen LogP contribution is 2.13. The molecule has 0 fully saturated rings. The quantitative estimate of drug-likeness (QED) is 0.722. The molecule has 0 spiro atoms. The number of rotatable bonds is 7. The van der Waals surface area contributed by atoms with Gasteiger partial charge in [0.25, 0.3) is 0 Å². The summed E-state index contributed by atoms with van der Waals surface area (Å²) in [6.45, 7) is 5.16. The highest BCUT2D eigenvalue weighted by Gasteiger charge is 2.18. The van der Waals surface area contributed by atoms with Gasteiger partial charge < -0.3 is 14.8 Å². The normalized spacial score (nSPS) is 12.6. The van der Waals surface area contributed by atoms with Crippen molar-refractivity contribution in [1.82, 2.24) is 4.90 Å². The molecule has 1 unspecified atom stereocenters. The average molecular weight is 265 g/mol.